The Morgan fingerprint density at radius 1 is 1.33 bits per heavy atom. The second-order valence-electron chi connectivity index (χ2n) is 4.98. The highest BCUT2D eigenvalue weighted by atomic mass is 16.2. The predicted octanol–water partition coefficient (Wildman–Crippen LogP) is 1.91. The van der Waals surface area contributed by atoms with E-state index in [1.165, 1.54) is 12.8 Å². The molecule has 0 spiro atoms. The minimum atomic E-state index is -0.474. The van der Waals surface area contributed by atoms with Crippen LogP contribution >= 0.6 is 0 Å². The van der Waals surface area contributed by atoms with E-state index in [4.69, 9.17) is 0 Å². The summed E-state index contributed by atoms with van der Waals surface area (Å²) in [5, 5.41) is 5.70. The average Bonchev–Trinajstić information content (AvgIpc) is 2.81. The number of carbonyl (C=O) groups excluding carboxylic acids is 2. The molecular formula is C14H24N2O2. The zero-order valence-corrected chi connectivity index (χ0v) is 11.6. The van der Waals surface area contributed by atoms with Crippen LogP contribution < -0.4 is 10.6 Å². The Balaban J connectivity index is 2.39. The minimum Gasteiger partial charge on any atom is -0.352 e. The van der Waals surface area contributed by atoms with Crippen molar-refractivity contribution in [2.45, 2.75) is 65.0 Å². The summed E-state index contributed by atoms with van der Waals surface area (Å²) in [5.41, 5.74) is 0.665. The van der Waals surface area contributed by atoms with Gasteiger partial charge < -0.3 is 10.6 Å². The van der Waals surface area contributed by atoms with Gasteiger partial charge in [-0.15, -0.1) is 0 Å². The SMILES string of the molecule is CC/C=C(/C)C(=O)N[C@H](C)C(=O)NC1CCCC1. The van der Waals surface area contributed by atoms with Crippen LogP contribution in [0.1, 0.15) is 52.9 Å². The molecule has 1 fully saturated rings. The number of carbonyl (C=O) groups is 2. The molecule has 4 heteroatoms. The summed E-state index contributed by atoms with van der Waals surface area (Å²) in [4.78, 5) is 23.6. The normalized spacial score (nSPS) is 18.5. The lowest BCUT2D eigenvalue weighted by Crippen LogP contribution is -2.47. The summed E-state index contributed by atoms with van der Waals surface area (Å²) >= 11 is 0. The van der Waals surface area contributed by atoms with Gasteiger partial charge in [0.25, 0.3) is 0 Å². The van der Waals surface area contributed by atoms with Gasteiger partial charge in [-0.1, -0.05) is 25.8 Å². The Labute approximate surface area is 109 Å². The van der Waals surface area contributed by atoms with Crippen molar-refractivity contribution in [1.29, 1.82) is 0 Å². The van der Waals surface area contributed by atoms with Gasteiger partial charge in [-0.05, 0) is 33.1 Å². The van der Waals surface area contributed by atoms with Gasteiger partial charge in [-0.25, -0.2) is 0 Å². The molecular weight excluding hydrogens is 228 g/mol. The standard InChI is InChI=1S/C14H24N2O2/c1-4-7-10(2)13(17)15-11(3)14(18)16-12-8-5-6-9-12/h7,11-12H,4-6,8-9H2,1-3H3,(H,15,17)(H,16,18)/b10-7-/t11-/m1/s1. The summed E-state index contributed by atoms with van der Waals surface area (Å²) in [7, 11) is 0. The highest BCUT2D eigenvalue weighted by Gasteiger charge is 2.21. The van der Waals surface area contributed by atoms with Crippen LogP contribution in [0.25, 0.3) is 0 Å². The zero-order valence-electron chi connectivity index (χ0n) is 11.6. The quantitative estimate of drug-likeness (QED) is 0.734. The molecule has 0 aliphatic heterocycles. The van der Waals surface area contributed by atoms with Crippen molar-refractivity contribution < 1.29 is 9.59 Å². The zero-order chi connectivity index (χ0) is 13.5. The Hall–Kier alpha value is -1.32. The number of allylic oxidation sites excluding steroid dienone is 1. The monoisotopic (exact) mass is 252 g/mol. The van der Waals surface area contributed by atoms with E-state index in [1.807, 2.05) is 13.0 Å². The van der Waals surface area contributed by atoms with E-state index < -0.39 is 6.04 Å². The Kier molecular flexibility index (Phi) is 5.89. The molecule has 0 aromatic rings. The molecule has 18 heavy (non-hydrogen) atoms. The van der Waals surface area contributed by atoms with Crippen LogP contribution in [0.5, 0.6) is 0 Å². The third kappa shape index (κ3) is 4.51. The van der Waals surface area contributed by atoms with Gasteiger partial charge >= 0.3 is 0 Å². The topological polar surface area (TPSA) is 58.2 Å². The number of rotatable bonds is 5. The average molecular weight is 252 g/mol. The van der Waals surface area contributed by atoms with E-state index in [9.17, 15) is 9.59 Å². The lowest BCUT2D eigenvalue weighted by atomic mass is 10.2. The summed E-state index contributed by atoms with van der Waals surface area (Å²) < 4.78 is 0. The number of hydrogen-bond acceptors (Lipinski definition) is 2. The van der Waals surface area contributed by atoms with Gasteiger partial charge in [0.1, 0.15) is 6.04 Å². The van der Waals surface area contributed by atoms with Crippen LogP contribution in [0.15, 0.2) is 11.6 Å². The summed E-state index contributed by atoms with van der Waals surface area (Å²) in [6.45, 7) is 5.47. The maximum atomic E-state index is 11.9. The molecule has 1 atom stereocenters. The molecule has 102 valence electrons. The fraction of sp³-hybridized carbons (Fsp3) is 0.714. The van der Waals surface area contributed by atoms with Gasteiger partial charge in [-0.2, -0.15) is 0 Å². The van der Waals surface area contributed by atoms with Crippen LogP contribution in [-0.4, -0.2) is 23.9 Å². The predicted molar refractivity (Wildman–Crippen MR) is 72.1 cm³/mol. The first-order chi connectivity index (χ1) is 8.54. The fourth-order valence-corrected chi connectivity index (χ4v) is 2.17. The van der Waals surface area contributed by atoms with Crippen molar-refractivity contribution in [3.63, 3.8) is 0 Å². The molecule has 0 saturated heterocycles. The van der Waals surface area contributed by atoms with E-state index in [2.05, 4.69) is 10.6 Å². The molecule has 0 aromatic carbocycles. The van der Waals surface area contributed by atoms with Gasteiger partial charge in [0, 0.05) is 11.6 Å². The van der Waals surface area contributed by atoms with E-state index in [0.717, 1.165) is 19.3 Å². The van der Waals surface area contributed by atoms with Gasteiger partial charge in [-0.3, -0.25) is 9.59 Å². The first-order valence-electron chi connectivity index (χ1n) is 6.82. The third-order valence-corrected chi connectivity index (χ3v) is 3.31. The molecule has 1 aliphatic carbocycles. The van der Waals surface area contributed by atoms with Crippen molar-refractivity contribution >= 4 is 11.8 Å². The number of nitrogens with one attached hydrogen (secondary N) is 2. The number of amides is 2. The lowest BCUT2D eigenvalue weighted by Gasteiger charge is -2.17. The summed E-state index contributed by atoms with van der Waals surface area (Å²) in [5.74, 6) is -0.245. The highest BCUT2D eigenvalue weighted by molar-refractivity contribution is 5.96. The molecule has 4 nitrogen and oxygen atoms in total. The molecule has 2 N–H and O–H groups in total. The Morgan fingerprint density at radius 3 is 2.50 bits per heavy atom. The number of hydrogen-bond donors (Lipinski definition) is 2. The van der Waals surface area contributed by atoms with Gasteiger partial charge in [0.15, 0.2) is 0 Å². The molecule has 1 aliphatic rings. The van der Waals surface area contributed by atoms with E-state index >= 15 is 0 Å². The Morgan fingerprint density at radius 2 is 1.94 bits per heavy atom. The maximum Gasteiger partial charge on any atom is 0.247 e. The maximum absolute atomic E-state index is 11.9. The van der Waals surface area contributed by atoms with Crippen molar-refractivity contribution in [1.82, 2.24) is 10.6 Å². The second kappa shape index (κ2) is 7.19. The van der Waals surface area contributed by atoms with Crippen LogP contribution in [0.2, 0.25) is 0 Å². The van der Waals surface area contributed by atoms with E-state index in [0.29, 0.717) is 11.6 Å². The molecule has 0 heterocycles. The largest absolute Gasteiger partial charge is 0.352 e. The summed E-state index contributed by atoms with van der Waals surface area (Å²) in [6, 6.07) is -0.178. The first kappa shape index (κ1) is 14.7. The van der Waals surface area contributed by atoms with Gasteiger partial charge in [0.05, 0.1) is 0 Å². The minimum absolute atomic E-state index is 0.0838. The lowest BCUT2D eigenvalue weighted by molar-refractivity contribution is -0.127. The first-order valence-corrected chi connectivity index (χ1v) is 6.82. The molecule has 0 aromatic heterocycles. The van der Waals surface area contributed by atoms with Crippen LogP contribution in [0, 0.1) is 0 Å². The molecule has 1 saturated carbocycles. The second-order valence-corrected chi connectivity index (χ2v) is 4.98. The van der Waals surface area contributed by atoms with Crippen molar-refractivity contribution in [3.05, 3.63) is 11.6 Å². The smallest absolute Gasteiger partial charge is 0.247 e. The van der Waals surface area contributed by atoms with Crippen LogP contribution in [0.3, 0.4) is 0 Å². The van der Waals surface area contributed by atoms with Gasteiger partial charge in [0.2, 0.25) is 11.8 Å². The van der Waals surface area contributed by atoms with E-state index in [-0.39, 0.29) is 11.8 Å². The molecule has 0 bridgehead atoms. The Bertz CT molecular complexity index is 331. The summed E-state index contributed by atoms with van der Waals surface area (Å²) in [6.07, 6.45) is 7.16. The van der Waals surface area contributed by atoms with Crippen molar-refractivity contribution in [2.24, 2.45) is 0 Å². The fourth-order valence-electron chi connectivity index (χ4n) is 2.17. The van der Waals surface area contributed by atoms with E-state index in [1.54, 1.807) is 13.8 Å². The van der Waals surface area contributed by atoms with Crippen molar-refractivity contribution in [3.8, 4) is 0 Å². The van der Waals surface area contributed by atoms with Crippen LogP contribution in [-0.2, 0) is 9.59 Å². The molecule has 2 amide bonds. The van der Waals surface area contributed by atoms with Crippen molar-refractivity contribution in [2.75, 3.05) is 0 Å². The molecule has 1 rings (SSSR count). The van der Waals surface area contributed by atoms with Crippen LogP contribution in [0.4, 0.5) is 0 Å². The molecule has 0 unspecified atom stereocenters. The molecule has 0 radical (unpaired) electrons. The highest BCUT2D eigenvalue weighted by Crippen LogP contribution is 2.17. The third-order valence-electron chi connectivity index (χ3n) is 3.31.